The van der Waals surface area contributed by atoms with E-state index in [1.165, 1.54) is 19.2 Å². The van der Waals surface area contributed by atoms with Gasteiger partial charge in [0.25, 0.3) is 6.17 Å². The Kier molecular flexibility index (Phi) is 5.30. The Bertz CT molecular complexity index is 431. The molecule has 1 aromatic carbocycles. The maximum Gasteiger partial charge on any atom is 0.349 e. The van der Waals surface area contributed by atoms with Gasteiger partial charge in [0, 0.05) is 5.56 Å². The fourth-order valence-corrected chi connectivity index (χ4v) is 1.31. The fraction of sp³-hybridized carbons (Fsp3) is 0.385. The van der Waals surface area contributed by atoms with Crippen LogP contribution < -0.4 is 4.74 Å². The highest BCUT2D eigenvalue weighted by Gasteiger charge is 2.28. The molecule has 1 unspecified atom stereocenters. The molecule has 0 radical (unpaired) electrons. The van der Waals surface area contributed by atoms with Crippen LogP contribution in [0.2, 0.25) is 0 Å². The van der Waals surface area contributed by atoms with Crippen LogP contribution in [-0.4, -0.2) is 31.6 Å². The quantitative estimate of drug-likeness (QED) is 0.443. The number of methoxy groups -OCH3 is 1. The van der Waals surface area contributed by atoms with Gasteiger partial charge in [0.2, 0.25) is 5.78 Å². The molecule has 0 aliphatic rings. The van der Waals surface area contributed by atoms with Crippen molar-refractivity contribution in [3.8, 4) is 5.75 Å². The number of alkyl halides is 1. The molecule has 1 rings (SSSR count). The van der Waals surface area contributed by atoms with E-state index < -0.39 is 17.9 Å². The molecule has 0 amide bonds. The second kappa shape index (κ2) is 6.74. The van der Waals surface area contributed by atoms with Gasteiger partial charge < -0.3 is 9.47 Å². The average molecular weight is 254 g/mol. The molecule has 5 heteroatoms. The minimum absolute atomic E-state index is 0.0790. The van der Waals surface area contributed by atoms with Crippen LogP contribution in [0.15, 0.2) is 24.3 Å². The summed E-state index contributed by atoms with van der Waals surface area (Å²) in [6.45, 7) is 1.88. The summed E-state index contributed by atoms with van der Waals surface area (Å²) in [5.74, 6) is -1.64. The molecule has 0 heterocycles. The van der Waals surface area contributed by atoms with Gasteiger partial charge in [-0.3, -0.25) is 4.79 Å². The second-order valence-electron chi connectivity index (χ2n) is 3.63. The molecule has 0 aliphatic heterocycles. The lowest BCUT2D eigenvalue weighted by atomic mass is 10.1. The monoisotopic (exact) mass is 254 g/mol. The van der Waals surface area contributed by atoms with E-state index in [4.69, 9.17) is 4.74 Å². The summed E-state index contributed by atoms with van der Waals surface area (Å²) in [6.07, 6.45) is -1.71. The lowest BCUT2D eigenvalue weighted by Gasteiger charge is -2.08. The molecule has 0 N–H and O–H groups in total. The minimum atomic E-state index is -2.29. The van der Waals surface area contributed by atoms with Crippen LogP contribution in [0.1, 0.15) is 23.7 Å². The van der Waals surface area contributed by atoms with Gasteiger partial charge in [0.1, 0.15) is 5.75 Å². The first kappa shape index (κ1) is 14.2. The first-order chi connectivity index (χ1) is 8.60. The van der Waals surface area contributed by atoms with Crippen molar-refractivity contribution in [1.82, 2.24) is 0 Å². The summed E-state index contributed by atoms with van der Waals surface area (Å²) in [7, 11) is 1.44. The predicted molar refractivity (Wildman–Crippen MR) is 63.5 cm³/mol. The molecule has 18 heavy (non-hydrogen) atoms. The van der Waals surface area contributed by atoms with Gasteiger partial charge in [-0.05, 0) is 18.6 Å². The number of ether oxygens (including phenoxy) is 2. The van der Waals surface area contributed by atoms with Crippen molar-refractivity contribution in [3.63, 3.8) is 0 Å². The van der Waals surface area contributed by atoms with Crippen molar-refractivity contribution >= 4 is 11.8 Å². The van der Waals surface area contributed by atoms with Crippen molar-refractivity contribution in [3.05, 3.63) is 29.8 Å². The summed E-state index contributed by atoms with van der Waals surface area (Å²) in [5.41, 5.74) is 0.0790. The van der Waals surface area contributed by atoms with E-state index in [-0.39, 0.29) is 12.2 Å². The minimum Gasteiger partial charge on any atom is -0.497 e. The summed E-state index contributed by atoms with van der Waals surface area (Å²) < 4.78 is 23.1. The zero-order chi connectivity index (χ0) is 13.5. The number of esters is 1. The number of hydrogen-bond donors (Lipinski definition) is 0. The zero-order valence-electron chi connectivity index (χ0n) is 10.3. The van der Waals surface area contributed by atoms with E-state index in [1.807, 2.05) is 0 Å². The van der Waals surface area contributed by atoms with E-state index in [1.54, 1.807) is 19.1 Å². The van der Waals surface area contributed by atoms with Crippen LogP contribution in [-0.2, 0) is 9.53 Å². The van der Waals surface area contributed by atoms with Crippen molar-refractivity contribution in [2.75, 3.05) is 13.7 Å². The molecular formula is C13H15FO4. The van der Waals surface area contributed by atoms with E-state index in [9.17, 15) is 14.0 Å². The summed E-state index contributed by atoms with van der Waals surface area (Å²) in [5, 5.41) is 0. The third-order valence-electron chi connectivity index (χ3n) is 2.24. The van der Waals surface area contributed by atoms with Crippen LogP contribution in [0.5, 0.6) is 5.75 Å². The van der Waals surface area contributed by atoms with Crippen molar-refractivity contribution < 1.29 is 23.5 Å². The third kappa shape index (κ3) is 3.55. The van der Waals surface area contributed by atoms with E-state index in [0.717, 1.165) is 0 Å². The van der Waals surface area contributed by atoms with Crippen LogP contribution in [0.3, 0.4) is 0 Å². The Morgan fingerprint density at radius 3 is 2.72 bits per heavy atom. The first-order valence-corrected chi connectivity index (χ1v) is 5.59. The molecule has 4 nitrogen and oxygen atoms in total. The van der Waals surface area contributed by atoms with Gasteiger partial charge in [-0.25, -0.2) is 9.18 Å². The number of Topliss-reactive ketones (excluding diaryl/α,β-unsaturated/α-hetero) is 1. The van der Waals surface area contributed by atoms with E-state index >= 15 is 0 Å². The Morgan fingerprint density at radius 2 is 2.11 bits per heavy atom. The van der Waals surface area contributed by atoms with Crippen LogP contribution >= 0.6 is 0 Å². The van der Waals surface area contributed by atoms with Gasteiger partial charge in [-0.15, -0.1) is 0 Å². The van der Waals surface area contributed by atoms with Gasteiger partial charge in [0.05, 0.1) is 13.7 Å². The molecule has 0 bridgehead atoms. The van der Waals surface area contributed by atoms with Gasteiger partial charge in [0.15, 0.2) is 0 Å². The highest BCUT2D eigenvalue weighted by molar-refractivity contribution is 6.11. The molecule has 0 spiro atoms. The molecule has 1 atom stereocenters. The number of hydrogen-bond acceptors (Lipinski definition) is 4. The average Bonchev–Trinajstić information content (AvgIpc) is 2.43. The smallest absolute Gasteiger partial charge is 0.349 e. The zero-order valence-corrected chi connectivity index (χ0v) is 10.3. The van der Waals surface area contributed by atoms with Gasteiger partial charge >= 0.3 is 5.97 Å². The summed E-state index contributed by atoms with van der Waals surface area (Å²) in [4.78, 5) is 22.9. The maximum atomic E-state index is 13.6. The van der Waals surface area contributed by atoms with Crippen LogP contribution in [0, 0.1) is 0 Å². The predicted octanol–water partition coefficient (Wildman–Crippen LogP) is 2.17. The van der Waals surface area contributed by atoms with E-state index in [2.05, 4.69) is 4.74 Å². The highest BCUT2D eigenvalue weighted by Crippen LogP contribution is 2.15. The Morgan fingerprint density at radius 1 is 1.39 bits per heavy atom. The molecular weight excluding hydrogens is 239 g/mol. The van der Waals surface area contributed by atoms with Crippen LogP contribution in [0.25, 0.3) is 0 Å². The number of carbonyl (C=O) groups excluding carboxylic acids is 2. The highest BCUT2D eigenvalue weighted by atomic mass is 19.1. The first-order valence-electron chi connectivity index (χ1n) is 5.59. The number of benzene rings is 1. The van der Waals surface area contributed by atoms with Crippen LogP contribution in [0.4, 0.5) is 4.39 Å². The lowest BCUT2D eigenvalue weighted by molar-refractivity contribution is -0.147. The summed E-state index contributed by atoms with van der Waals surface area (Å²) in [6, 6.07) is 5.97. The SMILES string of the molecule is CCCOC(=O)C(F)C(=O)c1cccc(OC)c1. The Hall–Kier alpha value is -1.91. The third-order valence-corrected chi connectivity index (χ3v) is 2.24. The fourth-order valence-electron chi connectivity index (χ4n) is 1.31. The second-order valence-corrected chi connectivity index (χ2v) is 3.63. The van der Waals surface area contributed by atoms with Crippen molar-refractivity contribution in [2.24, 2.45) is 0 Å². The van der Waals surface area contributed by atoms with Crippen molar-refractivity contribution in [1.29, 1.82) is 0 Å². The number of rotatable bonds is 6. The molecule has 1 aromatic rings. The van der Waals surface area contributed by atoms with E-state index in [0.29, 0.717) is 12.2 Å². The number of carbonyl (C=O) groups is 2. The summed E-state index contributed by atoms with van der Waals surface area (Å²) >= 11 is 0. The maximum absolute atomic E-state index is 13.6. The lowest BCUT2D eigenvalue weighted by Crippen LogP contribution is -2.28. The number of halogens is 1. The van der Waals surface area contributed by atoms with Gasteiger partial charge in [-0.1, -0.05) is 19.1 Å². The molecule has 0 saturated carbocycles. The molecule has 98 valence electrons. The van der Waals surface area contributed by atoms with Gasteiger partial charge in [-0.2, -0.15) is 0 Å². The largest absolute Gasteiger partial charge is 0.497 e. The molecule has 0 aliphatic carbocycles. The van der Waals surface area contributed by atoms with Crippen molar-refractivity contribution in [2.45, 2.75) is 19.5 Å². The molecule has 0 saturated heterocycles. The topological polar surface area (TPSA) is 52.6 Å². The molecule has 0 aromatic heterocycles. The molecule has 0 fully saturated rings. The Labute approximate surface area is 105 Å². The Balaban J connectivity index is 2.76. The normalized spacial score (nSPS) is 11.7. The standard InChI is InChI=1S/C13H15FO4/c1-3-7-18-13(16)11(14)12(15)9-5-4-6-10(8-9)17-2/h4-6,8,11H,3,7H2,1-2H3. The number of ketones is 1.